The molecule has 0 saturated carbocycles. The Morgan fingerprint density at radius 2 is 2.00 bits per heavy atom. The molecule has 6 heteroatoms. The highest BCUT2D eigenvalue weighted by Gasteiger charge is 2.18. The van der Waals surface area contributed by atoms with Crippen LogP contribution in [0.1, 0.15) is 49.1 Å². The number of aromatic amines is 1. The lowest BCUT2D eigenvalue weighted by molar-refractivity contribution is 0.759. The molecule has 1 aromatic carbocycles. The number of rotatable bonds is 4. The molecule has 0 radical (unpaired) electrons. The molecule has 2 N–H and O–H groups in total. The highest BCUT2D eigenvalue weighted by Crippen LogP contribution is 2.29. The molecule has 0 spiro atoms. The zero-order valence-electron chi connectivity index (χ0n) is 17.1. The SMILES string of the molecule is Cc1cc(-c2ncc(-c3ccc4nnc(C(C)C)n4c3)[nH]2)cc(C2CCNC2)c1. The lowest BCUT2D eigenvalue weighted by atomic mass is 9.94. The molecular weight excluding hydrogens is 360 g/mol. The largest absolute Gasteiger partial charge is 0.338 e. The average Bonchev–Trinajstić information content (AvgIpc) is 3.47. The van der Waals surface area contributed by atoms with E-state index in [1.54, 1.807) is 0 Å². The van der Waals surface area contributed by atoms with E-state index in [0.717, 1.165) is 47.2 Å². The Morgan fingerprint density at radius 3 is 2.79 bits per heavy atom. The quantitative estimate of drug-likeness (QED) is 0.549. The first-order valence-corrected chi connectivity index (χ1v) is 10.3. The van der Waals surface area contributed by atoms with Gasteiger partial charge in [0.25, 0.3) is 0 Å². The minimum absolute atomic E-state index is 0.313. The molecule has 1 atom stereocenters. The second kappa shape index (κ2) is 7.12. The third kappa shape index (κ3) is 3.34. The summed E-state index contributed by atoms with van der Waals surface area (Å²) < 4.78 is 2.07. The first kappa shape index (κ1) is 18.1. The predicted octanol–water partition coefficient (Wildman–Crippen LogP) is 4.30. The van der Waals surface area contributed by atoms with Gasteiger partial charge in [-0.25, -0.2) is 4.98 Å². The van der Waals surface area contributed by atoms with Gasteiger partial charge in [-0.15, -0.1) is 10.2 Å². The summed E-state index contributed by atoms with van der Waals surface area (Å²) in [4.78, 5) is 8.20. The number of H-pyrrole nitrogens is 1. The summed E-state index contributed by atoms with van der Waals surface area (Å²) in [6, 6.07) is 10.9. The van der Waals surface area contributed by atoms with E-state index in [9.17, 15) is 0 Å². The van der Waals surface area contributed by atoms with Crippen molar-refractivity contribution in [1.29, 1.82) is 0 Å². The molecule has 0 bridgehead atoms. The van der Waals surface area contributed by atoms with Crippen LogP contribution in [0.4, 0.5) is 0 Å². The van der Waals surface area contributed by atoms with E-state index in [1.165, 1.54) is 17.5 Å². The second-order valence-corrected chi connectivity index (χ2v) is 8.33. The first-order valence-electron chi connectivity index (χ1n) is 10.3. The number of benzene rings is 1. The molecule has 0 aliphatic carbocycles. The maximum absolute atomic E-state index is 4.69. The zero-order chi connectivity index (χ0) is 20.0. The summed E-state index contributed by atoms with van der Waals surface area (Å²) in [6.45, 7) is 8.58. The van der Waals surface area contributed by atoms with Crippen LogP contribution in [0.15, 0.2) is 42.7 Å². The molecule has 1 fully saturated rings. The fourth-order valence-corrected chi connectivity index (χ4v) is 4.20. The fraction of sp³-hybridized carbons (Fsp3) is 0.348. The van der Waals surface area contributed by atoms with Crippen LogP contribution in [0.2, 0.25) is 0 Å². The Bertz CT molecular complexity index is 1160. The lowest BCUT2D eigenvalue weighted by Gasteiger charge is -2.11. The second-order valence-electron chi connectivity index (χ2n) is 8.33. The van der Waals surface area contributed by atoms with E-state index in [1.807, 2.05) is 12.3 Å². The minimum atomic E-state index is 0.313. The molecule has 4 aromatic rings. The van der Waals surface area contributed by atoms with Crippen LogP contribution in [0, 0.1) is 6.92 Å². The zero-order valence-corrected chi connectivity index (χ0v) is 17.1. The minimum Gasteiger partial charge on any atom is -0.338 e. The van der Waals surface area contributed by atoms with Crippen molar-refractivity contribution in [1.82, 2.24) is 29.9 Å². The van der Waals surface area contributed by atoms with Crippen LogP contribution < -0.4 is 5.32 Å². The number of fused-ring (bicyclic) bond motifs is 1. The van der Waals surface area contributed by atoms with Gasteiger partial charge in [0.05, 0.1) is 11.9 Å². The molecule has 29 heavy (non-hydrogen) atoms. The van der Waals surface area contributed by atoms with Gasteiger partial charge < -0.3 is 10.3 Å². The van der Waals surface area contributed by atoms with Crippen molar-refractivity contribution in [2.24, 2.45) is 0 Å². The molecule has 148 valence electrons. The molecule has 0 amide bonds. The Labute approximate surface area is 170 Å². The Kier molecular flexibility index (Phi) is 4.43. The van der Waals surface area contributed by atoms with Crippen LogP contribution in [-0.2, 0) is 0 Å². The number of imidazole rings is 1. The van der Waals surface area contributed by atoms with Gasteiger partial charge >= 0.3 is 0 Å². The van der Waals surface area contributed by atoms with Crippen molar-refractivity contribution < 1.29 is 0 Å². The van der Waals surface area contributed by atoms with Gasteiger partial charge in [-0.05, 0) is 55.6 Å². The molecule has 1 aliphatic heterocycles. The smallest absolute Gasteiger partial charge is 0.160 e. The Balaban J connectivity index is 1.51. The van der Waals surface area contributed by atoms with Crippen molar-refractivity contribution in [3.8, 4) is 22.6 Å². The summed E-state index contributed by atoms with van der Waals surface area (Å²) >= 11 is 0. The lowest BCUT2D eigenvalue weighted by Crippen LogP contribution is -2.08. The standard InChI is InChI=1S/C23H26N6/c1-14(2)23-28-27-21-5-4-17(13-29(21)23)20-12-25-22(26-20)19-9-15(3)8-18(10-19)16-6-7-24-11-16/h4-5,8-10,12-14,16,24H,6-7,11H2,1-3H3,(H,25,26). The normalized spacial score (nSPS) is 16.9. The van der Waals surface area contributed by atoms with Gasteiger partial charge in [0.2, 0.25) is 0 Å². The van der Waals surface area contributed by atoms with Crippen molar-refractivity contribution >= 4 is 5.65 Å². The molecular formula is C23H26N6. The van der Waals surface area contributed by atoms with E-state index in [0.29, 0.717) is 11.8 Å². The number of nitrogens with zero attached hydrogens (tertiary/aromatic N) is 4. The summed E-state index contributed by atoms with van der Waals surface area (Å²) in [5, 5.41) is 12.1. The van der Waals surface area contributed by atoms with Gasteiger partial charge in [-0.3, -0.25) is 4.40 Å². The number of nitrogens with one attached hydrogen (secondary N) is 2. The molecule has 4 heterocycles. The van der Waals surface area contributed by atoms with E-state index in [-0.39, 0.29) is 0 Å². The predicted molar refractivity (Wildman–Crippen MR) is 115 cm³/mol. The number of pyridine rings is 1. The third-order valence-electron chi connectivity index (χ3n) is 5.74. The molecule has 1 aliphatic rings. The number of aryl methyl sites for hydroxylation is 1. The molecule has 1 saturated heterocycles. The van der Waals surface area contributed by atoms with E-state index in [2.05, 4.69) is 81.1 Å². The molecule has 5 rings (SSSR count). The van der Waals surface area contributed by atoms with Crippen LogP contribution in [0.25, 0.3) is 28.3 Å². The third-order valence-corrected chi connectivity index (χ3v) is 5.74. The molecule has 1 unspecified atom stereocenters. The Hall–Kier alpha value is -2.99. The number of aromatic nitrogens is 5. The van der Waals surface area contributed by atoms with Crippen LogP contribution in [-0.4, -0.2) is 37.7 Å². The number of hydrogen-bond donors (Lipinski definition) is 2. The van der Waals surface area contributed by atoms with E-state index < -0.39 is 0 Å². The van der Waals surface area contributed by atoms with Crippen molar-refractivity contribution in [3.05, 3.63) is 59.7 Å². The van der Waals surface area contributed by atoms with Crippen LogP contribution >= 0.6 is 0 Å². The van der Waals surface area contributed by atoms with Gasteiger partial charge in [-0.2, -0.15) is 0 Å². The van der Waals surface area contributed by atoms with Crippen LogP contribution in [0.5, 0.6) is 0 Å². The Morgan fingerprint density at radius 1 is 1.10 bits per heavy atom. The highest BCUT2D eigenvalue weighted by atomic mass is 15.2. The maximum atomic E-state index is 4.69. The van der Waals surface area contributed by atoms with Crippen LogP contribution in [0.3, 0.4) is 0 Å². The van der Waals surface area contributed by atoms with Crippen molar-refractivity contribution in [2.45, 2.75) is 39.0 Å². The topological polar surface area (TPSA) is 70.9 Å². The fourth-order valence-electron chi connectivity index (χ4n) is 4.20. The summed E-state index contributed by atoms with van der Waals surface area (Å²) in [5.41, 5.74) is 6.75. The van der Waals surface area contributed by atoms with Crippen molar-refractivity contribution in [2.75, 3.05) is 13.1 Å². The van der Waals surface area contributed by atoms with Gasteiger partial charge in [0, 0.05) is 29.8 Å². The van der Waals surface area contributed by atoms with Gasteiger partial charge in [-0.1, -0.05) is 25.5 Å². The van der Waals surface area contributed by atoms with E-state index in [4.69, 9.17) is 0 Å². The summed E-state index contributed by atoms with van der Waals surface area (Å²) in [6.07, 6.45) is 5.20. The van der Waals surface area contributed by atoms with E-state index >= 15 is 0 Å². The monoisotopic (exact) mass is 386 g/mol. The molecule has 3 aromatic heterocycles. The van der Waals surface area contributed by atoms with Gasteiger partial charge in [0.15, 0.2) is 5.65 Å². The van der Waals surface area contributed by atoms with Crippen molar-refractivity contribution in [3.63, 3.8) is 0 Å². The first-order chi connectivity index (χ1) is 14.1. The molecule has 6 nitrogen and oxygen atoms in total. The highest BCUT2D eigenvalue weighted by molar-refractivity contribution is 5.66. The summed E-state index contributed by atoms with van der Waals surface area (Å²) in [5.74, 6) is 2.78. The van der Waals surface area contributed by atoms with Gasteiger partial charge in [0.1, 0.15) is 11.6 Å². The summed E-state index contributed by atoms with van der Waals surface area (Å²) in [7, 11) is 0. The average molecular weight is 387 g/mol. The maximum Gasteiger partial charge on any atom is 0.160 e. The number of hydrogen-bond acceptors (Lipinski definition) is 4.